The van der Waals surface area contributed by atoms with Gasteiger partial charge < -0.3 is 15.1 Å². The van der Waals surface area contributed by atoms with Crippen LogP contribution < -0.4 is 9.81 Å². The zero-order valence-corrected chi connectivity index (χ0v) is 20.6. The van der Waals surface area contributed by atoms with E-state index in [1.165, 1.54) is 16.8 Å². The number of nitrogens with one attached hydrogen (secondary N) is 2. The minimum absolute atomic E-state index is 0.235. The van der Waals surface area contributed by atoms with E-state index >= 15 is 0 Å². The molecule has 4 N–H and O–H groups in total. The lowest BCUT2D eigenvalue weighted by Crippen LogP contribution is -2.21. The Labute approximate surface area is 210 Å². The summed E-state index contributed by atoms with van der Waals surface area (Å²) in [5.74, 6) is 1.28. The van der Waals surface area contributed by atoms with Crippen LogP contribution in [0.5, 0.6) is 0 Å². The molecule has 0 aliphatic carbocycles. The third-order valence-corrected chi connectivity index (χ3v) is 7.84. The molecule has 188 valence electrons. The summed E-state index contributed by atoms with van der Waals surface area (Å²) in [5, 5.41) is 7.26. The fraction of sp³-hybridized carbons (Fsp3) is 0.0455. The van der Waals surface area contributed by atoms with Crippen molar-refractivity contribution in [3.05, 3.63) is 85.2 Å². The number of benzene rings is 1. The summed E-state index contributed by atoms with van der Waals surface area (Å²) >= 11 is 0. The number of sulfonamides is 1. The second-order valence-electron chi connectivity index (χ2n) is 7.72. The van der Waals surface area contributed by atoms with Crippen LogP contribution in [0.1, 0.15) is 5.82 Å². The van der Waals surface area contributed by atoms with Gasteiger partial charge in [0.25, 0.3) is 10.0 Å². The van der Waals surface area contributed by atoms with Gasteiger partial charge in [0.15, 0.2) is 16.7 Å². The Morgan fingerprint density at radius 1 is 0.919 bits per heavy atom. The first-order valence-corrected chi connectivity index (χ1v) is 13.8. The zero-order valence-electron chi connectivity index (χ0n) is 18.9. The fourth-order valence-electron chi connectivity index (χ4n) is 3.58. The molecule has 5 rings (SSSR count). The molecule has 15 heteroatoms. The van der Waals surface area contributed by atoms with E-state index in [-0.39, 0.29) is 12.4 Å². The number of fused-ring (bicyclic) bond motifs is 1. The van der Waals surface area contributed by atoms with Crippen molar-refractivity contribution in [2.45, 2.75) is 11.6 Å². The van der Waals surface area contributed by atoms with Crippen LogP contribution in [-0.4, -0.2) is 47.8 Å². The van der Waals surface area contributed by atoms with Gasteiger partial charge in [0.05, 0.1) is 6.54 Å². The molecule has 37 heavy (non-hydrogen) atoms. The highest BCUT2D eigenvalue weighted by atomic mass is 32.2. The Kier molecular flexibility index (Phi) is 6.50. The van der Waals surface area contributed by atoms with Gasteiger partial charge >= 0.3 is 7.75 Å². The molecule has 0 saturated heterocycles. The van der Waals surface area contributed by atoms with Crippen molar-refractivity contribution in [2.24, 2.45) is 0 Å². The standard InChI is InChI=1S/C22H19N8O5PS/c31-36(32,33)29-37(34,35)19-8-7-16(13-25-19)21-27-22(26-14-18-23-10-4-11-24-18)20-17(9-12-30(20)28-21)15-5-2-1-3-6-15/h1-13H,14H2,(H,26,27,28)(H3,29,31,32,33). The molecular weight excluding hydrogens is 519 g/mol. The Morgan fingerprint density at radius 2 is 1.68 bits per heavy atom. The molecule has 0 bridgehead atoms. The van der Waals surface area contributed by atoms with E-state index in [4.69, 9.17) is 9.79 Å². The van der Waals surface area contributed by atoms with Crippen molar-refractivity contribution in [1.29, 1.82) is 0 Å². The summed E-state index contributed by atoms with van der Waals surface area (Å²) in [4.78, 5) is 34.9. The van der Waals surface area contributed by atoms with Crippen molar-refractivity contribution in [2.75, 3.05) is 5.32 Å². The van der Waals surface area contributed by atoms with Gasteiger partial charge in [-0.15, -0.1) is 9.59 Å². The molecule has 0 amide bonds. The van der Waals surface area contributed by atoms with Gasteiger partial charge in [-0.3, -0.25) is 0 Å². The molecule has 0 atom stereocenters. The number of rotatable bonds is 8. The van der Waals surface area contributed by atoms with Crippen LogP contribution in [0.25, 0.3) is 28.0 Å². The summed E-state index contributed by atoms with van der Waals surface area (Å²) in [6.45, 7) is 0.288. The monoisotopic (exact) mass is 538 g/mol. The Bertz CT molecular complexity index is 1710. The van der Waals surface area contributed by atoms with Gasteiger partial charge in [-0.25, -0.2) is 37.4 Å². The van der Waals surface area contributed by atoms with E-state index in [0.29, 0.717) is 22.7 Å². The highest BCUT2D eigenvalue weighted by Crippen LogP contribution is 2.32. The maximum absolute atomic E-state index is 12.2. The molecule has 13 nitrogen and oxygen atoms in total. The van der Waals surface area contributed by atoms with E-state index in [0.717, 1.165) is 17.2 Å². The molecule has 0 fully saturated rings. The number of hydrogen-bond acceptors (Lipinski definition) is 9. The molecule has 0 aliphatic heterocycles. The van der Waals surface area contributed by atoms with Crippen molar-refractivity contribution >= 4 is 29.1 Å². The maximum Gasteiger partial charge on any atom is 0.414 e. The van der Waals surface area contributed by atoms with Crippen LogP contribution in [0.4, 0.5) is 5.82 Å². The van der Waals surface area contributed by atoms with Crippen LogP contribution in [0, 0.1) is 0 Å². The van der Waals surface area contributed by atoms with Gasteiger partial charge in [-0.05, 0) is 29.8 Å². The van der Waals surface area contributed by atoms with Gasteiger partial charge in [0.1, 0.15) is 11.3 Å². The molecule has 0 spiro atoms. The highest BCUT2D eigenvalue weighted by molar-refractivity contribution is 7.94. The zero-order chi connectivity index (χ0) is 26.0. The maximum atomic E-state index is 12.2. The van der Waals surface area contributed by atoms with Crippen LogP contribution >= 0.6 is 7.75 Å². The minimum Gasteiger partial charge on any atom is -0.361 e. The van der Waals surface area contributed by atoms with Gasteiger partial charge in [-0.1, -0.05) is 30.3 Å². The van der Waals surface area contributed by atoms with Crippen LogP contribution in [0.3, 0.4) is 0 Å². The Balaban J connectivity index is 1.56. The lowest BCUT2D eigenvalue weighted by atomic mass is 10.1. The topological polar surface area (TPSA) is 185 Å². The largest absolute Gasteiger partial charge is 0.414 e. The lowest BCUT2D eigenvalue weighted by molar-refractivity contribution is 0.368. The van der Waals surface area contributed by atoms with Crippen molar-refractivity contribution in [3.8, 4) is 22.5 Å². The van der Waals surface area contributed by atoms with Crippen LogP contribution in [0.2, 0.25) is 0 Å². The third-order valence-electron chi connectivity index (χ3n) is 5.14. The number of nitrogens with zero attached hydrogens (tertiary/aromatic N) is 6. The smallest absolute Gasteiger partial charge is 0.361 e. The predicted octanol–water partition coefficient (Wildman–Crippen LogP) is 2.23. The Hall–Kier alpha value is -4.07. The summed E-state index contributed by atoms with van der Waals surface area (Å²) in [5.41, 5.74) is 2.95. The number of aromatic nitrogens is 6. The molecule has 0 saturated carbocycles. The van der Waals surface area contributed by atoms with Gasteiger partial charge in [-0.2, -0.15) is 0 Å². The van der Waals surface area contributed by atoms with E-state index in [1.54, 1.807) is 29.2 Å². The third kappa shape index (κ3) is 5.53. The first kappa shape index (κ1) is 24.6. The fourth-order valence-corrected chi connectivity index (χ4v) is 5.64. The normalized spacial score (nSPS) is 12.1. The molecule has 4 aromatic heterocycles. The first-order valence-electron chi connectivity index (χ1n) is 10.7. The molecule has 4 heterocycles. The average molecular weight is 538 g/mol. The van der Waals surface area contributed by atoms with Gasteiger partial charge in [0.2, 0.25) is 0 Å². The second-order valence-corrected chi connectivity index (χ2v) is 11.0. The predicted molar refractivity (Wildman–Crippen MR) is 133 cm³/mol. The number of pyridine rings is 1. The highest BCUT2D eigenvalue weighted by Gasteiger charge is 2.26. The number of hydrogen-bond donors (Lipinski definition) is 4. The molecule has 0 unspecified atom stereocenters. The summed E-state index contributed by atoms with van der Waals surface area (Å²) < 4.78 is 38.3. The molecular formula is C22H19N8O5PS. The molecule has 1 aromatic carbocycles. The molecule has 5 aromatic rings. The van der Waals surface area contributed by atoms with E-state index < -0.39 is 22.8 Å². The second kappa shape index (κ2) is 9.76. The van der Waals surface area contributed by atoms with E-state index in [9.17, 15) is 13.0 Å². The van der Waals surface area contributed by atoms with E-state index in [2.05, 4.69) is 30.4 Å². The van der Waals surface area contributed by atoms with Crippen molar-refractivity contribution < 1.29 is 22.8 Å². The average Bonchev–Trinajstić information content (AvgIpc) is 3.31. The minimum atomic E-state index is -5.04. The SMILES string of the molecule is O=P(O)(O)NS(=O)(=O)c1ccc(-c2nc(NCc3ncccn3)c3c(-c4ccccc4)ccn3n2)cn1. The van der Waals surface area contributed by atoms with Crippen molar-refractivity contribution in [1.82, 2.24) is 34.0 Å². The quantitative estimate of drug-likeness (QED) is 0.212. The summed E-state index contributed by atoms with van der Waals surface area (Å²) in [6, 6.07) is 15.9. The Morgan fingerprint density at radius 3 is 2.35 bits per heavy atom. The van der Waals surface area contributed by atoms with Crippen LogP contribution in [0.15, 0.2) is 84.4 Å². The lowest BCUT2D eigenvalue weighted by Gasteiger charge is -2.11. The first-order chi connectivity index (χ1) is 17.7. The molecule has 0 radical (unpaired) electrons. The van der Waals surface area contributed by atoms with Gasteiger partial charge in [0, 0.05) is 35.9 Å². The van der Waals surface area contributed by atoms with Crippen molar-refractivity contribution in [3.63, 3.8) is 0 Å². The van der Waals surface area contributed by atoms with E-state index in [1.807, 2.05) is 36.4 Å². The number of anilines is 1. The molecule has 0 aliphatic rings. The summed E-state index contributed by atoms with van der Waals surface area (Å²) in [7, 11) is -9.56. The van der Waals surface area contributed by atoms with Crippen LogP contribution in [-0.2, 0) is 21.1 Å². The summed E-state index contributed by atoms with van der Waals surface area (Å²) in [6.07, 6.45) is 6.27.